The van der Waals surface area contributed by atoms with Crippen LogP contribution >= 0.6 is 0 Å². The van der Waals surface area contributed by atoms with Crippen LogP contribution in [0.2, 0.25) is 0 Å². The Bertz CT molecular complexity index is 1130. The van der Waals surface area contributed by atoms with E-state index in [-0.39, 0.29) is 29.4 Å². The number of piperidine rings is 1. The highest BCUT2D eigenvalue weighted by molar-refractivity contribution is 5.99. The van der Waals surface area contributed by atoms with Gasteiger partial charge in [-0.15, -0.1) is 0 Å². The first kappa shape index (κ1) is 19.6. The predicted octanol–water partition coefficient (Wildman–Crippen LogP) is 3.98. The van der Waals surface area contributed by atoms with Crippen molar-refractivity contribution in [2.75, 3.05) is 6.54 Å². The number of aromatic nitrogens is 3. The van der Waals surface area contributed by atoms with Crippen LogP contribution in [0.25, 0.3) is 11.3 Å². The smallest absolute Gasteiger partial charge is 0.273 e. The lowest BCUT2D eigenvalue weighted by molar-refractivity contribution is 0.0462. The van der Waals surface area contributed by atoms with Gasteiger partial charge >= 0.3 is 0 Å². The summed E-state index contributed by atoms with van der Waals surface area (Å²) >= 11 is 0. The van der Waals surface area contributed by atoms with Gasteiger partial charge in [0.25, 0.3) is 5.91 Å². The molecule has 1 saturated carbocycles. The van der Waals surface area contributed by atoms with Crippen molar-refractivity contribution in [3.05, 3.63) is 71.6 Å². The van der Waals surface area contributed by atoms with Crippen molar-refractivity contribution in [1.82, 2.24) is 19.9 Å². The fourth-order valence-electron chi connectivity index (χ4n) is 4.64. The zero-order chi connectivity index (χ0) is 21.5. The molecule has 3 aromatic rings. The summed E-state index contributed by atoms with van der Waals surface area (Å²) in [7, 11) is 0. The van der Waals surface area contributed by atoms with E-state index in [9.17, 15) is 9.18 Å². The summed E-state index contributed by atoms with van der Waals surface area (Å²) in [6.45, 7) is 4.45. The van der Waals surface area contributed by atoms with E-state index in [2.05, 4.69) is 15.0 Å². The van der Waals surface area contributed by atoms with Crippen LogP contribution in [0.5, 0.6) is 5.88 Å². The van der Waals surface area contributed by atoms with Gasteiger partial charge in [0.05, 0.1) is 6.04 Å². The van der Waals surface area contributed by atoms with Crippen LogP contribution in [0, 0.1) is 25.6 Å². The monoisotopic (exact) mass is 418 g/mol. The normalized spacial score (nSPS) is 22.0. The SMILES string of the molecule is Cc1ccc(OC2CC3CC2N(C(=O)c2nc(C)ccc2-c2ncccc2F)C3)nc1. The van der Waals surface area contributed by atoms with Crippen LogP contribution in [0.15, 0.2) is 48.8 Å². The maximum atomic E-state index is 14.4. The van der Waals surface area contributed by atoms with Gasteiger partial charge in [-0.3, -0.25) is 9.78 Å². The summed E-state index contributed by atoms with van der Waals surface area (Å²) in [5.41, 5.74) is 2.55. The Morgan fingerprint density at radius 1 is 1.13 bits per heavy atom. The fourth-order valence-corrected chi connectivity index (χ4v) is 4.64. The number of hydrogen-bond donors (Lipinski definition) is 0. The number of aryl methyl sites for hydroxylation is 2. The molecule has 5 rings (SSSR count). The molecule has 2 aliphatic rings. The van der Waals surface area contributed by atoms with Crippen molar-refractivity contribution in [2.24, 2.45) is 5.92 Å². The summed E-state index contributed by atoms with van der Waals surface area (Å²) in [5.74, 6) is 0.267. The van der Waals surface area contributed by atoms with Crippen molar-refractivity contribution in [1.29, 1.82) is 0 Å². The molecular formula is C24H23FN4O2. The van der Waals surface area contributed by atoms with Gasteiger partial charge in [-0.25, -0.2) is 14.4 Å². The average molecular weight is 418 g/mol. The van der Waals surface area contributed by atoms with Gasteiger partial charge in [0.2, 0.25) is 5.88 Å². The van der Waals surface area contributed by atoms with Crippen molar-refractivity contribution in [3.8, 4) is 17.1 Å². The molecule has 0 N–H and O–H groups in total. The average Bonchev–Trinajstić information content (AvgIpc) is 3.36. The number of nitrogens with zero attached hydrogens (tertiary/aromatic N) is 4. The van der Waals surface area contributed by atoms with Gasteiger partial charge in [0.1, 0.15) is 23.3 Å². The number of ether oxygens (including phenoxy) is 1. The molecule has 1 aliphatic heterocycles. The van der Waals surface area contributed by atoms with E-state index in [1.54, 1.807) is 18.3 Å². The molecular weight excluding hydrogens is 395 g/mol. The number of halogens is 1. The summed E-state index contributed by atoms with van der Waals surface area (Å²) in [5, 5.41) is 0. The van der Waals surface area contributed by atoms with Crippen LogP contribution in [-0.2, 0) is 0 Å². The first-order valence-electron chi connectivity index (χ1n) is 10.5. The van der Waals surface area contributed by atoms with E-state index in [1.807, 2.05) is 30.9 Å². The minimum Gasteiger partial charge on any atom is -0.472 e. The van der Waals surface area contributed by atoms with Gasteiger partial charge in [0.15, 0.2) is 0 Å². The van der Waals surface area contributed by atoms with Crippen LogP contribution in [0.3, 0.4) is 0 Å². The third-order valence-corrected chi connectivity index (χ3v) is 6.09. The zero-order valence-corrected chi connectivity index (χ0v) is 17.5. The van der Waals surface area contributed by atoms with Gasteiger partial charge < -0.3 is 9.64 Å². The number of rotatable bonds is 4. The highest BCUT2D eigenvalue weighted by atomic mass is 19.1. The molecule has 3 atom stereocenters. The zero-order valence-electron chi connectivity index (χ0n) is 17.5. The van der Waals surface area contributed by atoms with E-state index in [0.717, 1.165) is 18.4 Å². The van der Waals surface area contributed by atoms with E-state index >= 15 is 0 Å². The molecule has 1 amide bonds. The van der Waals surface area contributed by atoms with Gasteiger partial charge in [-0.1, -0.05) is 6.07 Å². The van der Waals surface area contributed by atoms with Gasteiger partial charge in [-0.2, -0.15) is 0 Å². The molecule has 0 aromatic carbocycles. The minimum absolute atomic E-state index is 0.0515. The van der Waals surface area contributed by atoms with E-state index < -0.39 is 5.82 Å². The number of pyridine rings is 3. The summed E-state index contributed by atoms with van der Waals surface area (Å²) in [6.07, 6.45) is 4.96. The Hall–Kier alpha value is -3.35. The molecule has 158 valence electrons. The van der Waals surface area contributed by atoms with Crippen molar-refractivity contribution >= 4 is 5.91 Å². The van der Waals surface area contributed by atoms with Crippen molar-refractivity contribution < 1.29 is 13.9 Å². The van der Waals surface area contributed by atoms with Gasteiger partial charge in [-0.05, 0) is 62.4 Å². The van der Waals surface area contributed by atoms with Crippen LogP contribution in [0.4, 0.5) is 4.39 Å². The lowest BCUT2D eigenvalue weighted by Crippen LogP contribution is -2.47. The summed E-state index contributed by atoms with van der Waals surface area (Å²) < 4.78 is 20.6. The van der Waals surface area contributed by atoms with Crippen LogP contribution in [-0.4, -0.2) is 44.4 Å². The second-order valence-corrected chi connectivity index (χ2v) is 8.38. The third kappa shape index (κ3) is 3.65. The number of carbonyl (C=O) groups excluding carboxylic acids is 1. The molecule has 3 aromatic heterocycles. The van der Waals surface area contributed by atoms with Gasteiger partial charge in [0, 0.05) is 36.3 Å². The lowest BCUT2D eigenvalue weighted by Gasteiger charge is -2.33. The fraction of sp³-hybridized carbons (Fsp3) is 0.333. The lowest BCUT2D eigenvalue weighted by atomic mass is 10.0. The van der Waals surface area contributed by atoms with E-state index in [0.29, 0.717) is 29.6 Å². The number of likely N-dealkylation sites (tertiary alicyclic amines) is 1. The molecule has 0 radical (unpaired) electrons. The molecule has 2 bridgehead atoms. The molecule has 1 saturated heterocycles. The Morgan fingerprint density at radius 3 is 2.74 bits per heavy atom. The number of fused-ring (bicyclic) bond motifs is 2. The summed E-state index contributed by atoms with van der Waals surface area (Å²) in [4.78, 5) is 28.4. The molecule has 3 unspecified atom stereocenters. The number of carbonyl (C=O) groups is 1. The number of amides is 1. The minimum atomic E-state index is -0.475. The van der Waals surface area contributed by atoms with E-state index in [1.165, 1.54) is 18.3 Å². The largest absolute Gasteiger partial charge is 0.472 e. The molecule has 4 heterocycles. The molecule has 7 heteroatoms. The van der Waals surface area contributed by atoms with Crippen LogP contribution < -0.4 is 4.74 Å². The maximum absolute atomic E-state index is 14.4. The second-order valence-electron chi connectivity index (χ2n) is 8.38. The van der Waals surface area contributed by atoms with E-state index in [4.69, 9.17) is 4.74 Å². The first-order chi connectivity index (χ1) is 15.0. The Balaban J connectivity index is 1.44. The molecule has 1 aliphatic carbocycles. The molecule has 31 heavy (non-hydrogen) atoms. The standard InChI is InChI=1S/C24H23FN4O2/c1-14-5-8-21(27-12-14)31-20-11-16-10-19(20)29(13-16)24(30)23-17(7-6-15(2)28-23)22-18(25)4-3-9-26-22/h3-9,12,16,19-20H,10-11,13H2,1-2H3. The highest BCUT2D eigenvalue weighted by Gasteiger charge is 2.49. The highest BCUT2D eigenvalue weighted by Crippen LogP contribution is 2.41. The predicted molar refractivity (Wildman–Crippen MR) is 113 cm³/mol. The molecule has 2 fully saturated rings. The Kier molecular flexibility index (Phi) is 4.88. The Labute approximate surface area is 180 Å². The first-order valence-corrected chi connectivity index (χ1v) is 10.5. The molecule has 0 spiro atoms. The molecule has 6 nitrogen and oxygen atoms in total. The van der Waals surface area contributed by atoms with Crippen molar-refractivity contribution in [3.63, 3.8) is 0 Å². The summed E-state index contributed by atoms with van der Waals surface area (Å²) in [6, 6.07) is 10.1. The second kappa shape index (κ2) is 7.72. The van der Waals surface area contributed by atoms with Crippen LogP contribution in [0.1, 0.15) is 34.6 Å². The van der Waals surface area contributed by atoms with Crippen molar-refractivity contribution in [2.45, 2.75) is 38.8 Å². The quantitative estimate of drug-likeness (QED) is 0.641. The number of hydrogen-bond acceptors (Lipinski definition) is 5. The topological polar surface area (TPSA) is 68.2 Å². The third-order valence-electron chi connectivity index (χ3n) is 6.09. The maximum Gasteiger partial charge on any atom is 0.273 e. The Morgan fingerprint density at radius 2 is 2.00 bits per heavy atom.